The van der Waals surface area contributed by atoms with Crippen molar-refractivity contribution in [1.82, 2.24) is 9.88 Å². The van der Waals surface area contributed by atoms with Crippen molar-refractivity contribution in [2.24, 2.45) is 11.8 Å². The lowest BCUT2D eigenvalue weighted by molar-refractivity contribution is 0.0518. The summed E-state index contributed by atoms with van der Waals surface area (Å²) >= 11 is 1.73. The van der Waals surface area contributed by atoms with Crippen molar-refractivity contribution in [3.63, 3.8) is 0 Å². The van der Waals surface area contributed by atoms with E-state index >= 15 is 0 Å². The highest BCUT2D eigenvalue weighted by Crippen LogP contribution is 2.37. The zero-order valence-electron chi connectivity index (χ0n) is 11.3. The molecular formula is C14H23N3S. The van der Waals surface area contributed by atoms with Crippen molar-refractivity contribution >= 4 is 16.5 Å². The fourth-order valence-electron chi connectivity index (χ4n) is 3.57. The minimum absolute atomic E-state index is 0.653. The van der Waals surface area contributed by atoms with Crippen LogP contribution < -0.4 is 5.32 Å². The van der Waals surface area contributed by atoms with E-state index in [1.807, 2.05) is 6.20 Å². The van der Waals surface area contributed by atoms with Gasteiger partial charge >= 0.3 is 0 Å². The standard InChI is InChI=1S/C14H23N3S/c1-10(2)17-8-11-4-3-5-12(9-17)13(11)16-14-15-6-7-18-14/h6-7,10-13H,3-5,8-9H2,1-2H3,(H,15,16). The molecule has 4 heteroatoms. The molecule has 100 valence electrons. The summed E-state index contributed by atoms with van der Waals surface area (Å²) in [7, 11) is 0. The Labute approximate surface area is 114 Å². The SMILES string of the molecule is CC(C)N1CC2CCCC(C1)C2Nc1nccs1. The fraction of sp³-hybridized carbons (Fsp3) is 0.786. The topological polar surface area (TPSA) is 28.2 Å². The summed E-state index contributed by atoms with van der Waals surface area (Å²) in [5, 5.41) is 6.87. The monoisotopic (exact) mass is 265 g/mol. The van der Waals surface area contributed by atoms with Gasteiger partial charge < -0.3 is 10.2 Å². The number of hydrogen-bond donors (Lipinski definition) is 1. The van der Waals surface area contributed by atoms with Crippen LogP contribution in [-0.4, -0.2) is 35.1 Å². The maximum atomic E-state index is 4.39. The summed E-state index contributed by atoms with van der Waals surface area (Å²) in [6, 6.07) is 1.34. The minimum atomic E-state index is 0.653. The number of fused-ring (bicyclic) bond motifs is 2. The molecule has 18 heavy (non-hydrogen) atoms. The molecule has 1 aliphatic carbocycles. The van der Waals surface area contributed by atoms with Gasteiger partial charge in [0.05, 0.1) is 0 Å². The van der Waals surface area contributed by atoms with Crippen molar-refractivity contribution < 1.29 is 0 Å². The van der Waals surface area contributed by atoms with Gasteiger partial charge in [0.25, 0.3) is 0 Å². The van der Waals surface area contributed by atoms with Gasteiger partial charge in [0, 0.05) is 36.8 Å². The average molecular weight is 265 g/mol. The predicted molar refractivity (Wildman–Crippen MR) is 77.1 cm³/mol. The van der Waals surface area contributed by atoms with Crippen LogP contribution in [0.5, 0.6) is 0 Å². The lowest BCUT2D eigenvalue weighted by Gasteiger charge is -2.48. The summed E-state index contributed by atoms with van der Waals surface area (Å²) in [5.41, 5.74) is 0. The van der Waals surface area contributed by atoms with Crippen LogP contribution in [0.2, 0.25) is 0 Å². The molecule has 2 fully saturated rings. The average Bonchev–Trinajstić information content (AvgIpc) is 2.81. The van der Waals surface area contributed by atoms with E-state index in [9.17, 15) is 0 Å². The third-order valence-corrected chi connectivity index (χ3v) is 5.26. The number of likely N-dealkylation sites (tertiary alicyclic amines) is 1. The zero-order valence-corrected chi connectivity index (χ0v) is 12.1. The number of piperidine rings is 1. The second-order valence-corrected chi connectivity index (χ2v) is 6.90. The van der Waals surface area contributed by atoms with Crippen LogP contribution in [0.1, 0.15) is 33.1 Å². The van der Waals surface area contributed by atoms with Gasteiger partial charge in [-0.05, 0) is 38.5 Å². The smallest absolute Gasteiger partial charge is 0.182 e. The number of nitrogens with zero attached hydrogens (tertiary/aromatic N) is 2. The Morgan fingerprint density at radius 1 is 1.33 bits per heavy atom. The predicted octanol–water partition coefficient (Wildman–Crippen LogP) is 3.06. The molecule has 1 aromatic rings. The van der Waals surface area contributed by atoms with E-state index in [2.05, 4.69) is 34.4 Å². The first kappa shape index (κ1) is 12.4. The second kappa shape index (κ2) is 5.17. The molecule has 2 unspecified atom stereocenters. The largest absolute Gasteiger partial charge is 0.358 e. The molecule has 0 amide bonds. The minimum Gasteiger partial charge on any atom is -0.358 e. The highest BCUT2D eigenvalue weighted by molar-refractivity contribution is 7.13. The van der Waals surface area contributed by atoms with E-state index in [4.69, 9.17) is 0 Å². The van der Waals surface area contributed by atoms with E-state index in [1.54, 1.807) is 11.3 Å². The third kappa shape index (κ3) is 2.41. The van der Waals surface area contributed by atoms with Crippen LogP contribution in [-0.2, 0) is 0 Å². The Morgan fingerprint density at radius 2 is 2.06 bits per heavy atom. The summed E-state index contributed by atoms with van der Waals surface area (Å²) in [5.74, 6) is 1.62. The Balaban J connectivity index is 1.72. The maximum Gasteiger partial charge on any atom is 0.182 e. The van der Waals surface area contributed by atoms with E-state index in [1.165, 1.54) is 32.4 Å². The Morgan fingerprint density at radius 3 is 2.61 bits per heavy atom. The zero-order chi connectivity index (χ0) is 12.5. The second-order valence-electron chi connectivity index (χ2n) is 6.01. The summed E-state index contributed by atoms with van der Waals surface area (Å²) in [6.07, 6.45) is 6.06. The van der Waals surface area contributed by atoms with Gasteiger partial charge in [0.15, 0.2) is 5.13 Å². The van der Waals surface area contributed by atoms with E-state index in [0.717, 1.165) is 17.0 Å². The molecule has 1 saturated heterocycles. The van der Waals surface area contributed by atoms with Gasteiger partial charge in [-0.25, -0.2) is 4.98 Å². The lowest BCUT2D eigenvalue weighted by Crippen LogP contribution is -2.56. The first-order valence-electron chi connectivity index (χ1n) is 7.14. The van der Waals surface area contributed by atoms with Crippen molar-refractivity contribution in [3.05, 3.63) is 11.6 Å². The molecule has 0 spiro atoms. The first-order chi connectivity index (χ1) is 8.74. The molecule has 1 saturated carbocycles. The Bertz CT molecular complexity index is 362. The molecule has 2 bridgehead atoms. The summed E-state index contributed by atoms with van der Waals surface area (Å²) < 4.78 is 0. The van der Waals surface area contributed by atoms with E-state index in [-0.39, 0.29) is 0 Å². The van der Waals surface area contributed by atoms with Crippen molar-refractivity contribution in [2.45, 2.75) is 45.2 Å². The highest BCUT2D eigenvalue weighted by Gasteiger charge is 2.40. The van der Waals surface area contributed by atoms with Gasteiger partial charge in [-0.1, -0.05) is 6.42 Å². The number of hydrogen-bond acceptors (Lipinski definition) is 4. The molecular weight excluding hydrogens is 242 g/mol. The van der Waals surface area contributed by atoms with Crippen molar-refractivity contribution in [1.29, 1.82) is 0 Å². The number of nitrogens with one attached hydrogen (secondary N) is 1. The van der Waals surface area contributed by atoms with Crippen LogP contribution in [0.15, 0.2) is 11.6 Å². The Hall–Kier alpha value is -0.610. The summed E-state index contributed by atoms with van der Waals surface area (Å²) in [4.78, 5) is 7.05. The fourth-order valence-corrected chi connectivity index (χ4v) is 4.14. The normalized spacial score (nSPS) is 32.7. The molecule has 1 N–H and O–H groups in total. The molecule has 0 aromatic carbocycles. The first-order valence-corrected chi connectivity index (χ1v) is 8.02. The van der Waals surface area contributed by atoms with Crippen LogP contribution in [0.25, 0.3) is 0 Å². The number of aromatic nitrogens is 1. The van der Waals surface area contributed by atoms with Gasteiger partial charge in [-0.2, -0.15) is 0 Å². The Kier molecular flexibility index (Phi) is 3.57. The van der Waals surface area contributed by atoms with Gasteiger partial charge in [-0.3, -0.25) is 0 Å². The molecule has 1 aromatic heterocycles. The molecule has 2 atom stereocenters. The van der Waals surface area contributed by atoms with Crippen molar-refractivity contribution in [2.75, 3.05) is 18.4 Å². The highest BCUT2D eigenvalue weighted by atomic mass is 32.1. The maximum absolute atomic E-state index is 4.39. The number of thiazole rings is 1. The van der Waals surface area contributed by atoms with E-state index in [0.29, 0.717) is 12.1 Å². The van der Waals surface area contributed by atoms with Gasteiger partial charge in [-0.15, -0.1) is 11.3 Å². The number of anilines is 1. The molecule has 3 nitrogen and oxygen atoms in total. The van der Waals surface area contributed by atoms with E-state index < -0.39 is 0 Å². The molecule has 3 rings (SSSR count). The van der Waals surface area contributed by atoms with Crippen LogP contribution in [0.3, 0.4) is 0 Å². The quantitative estimate of drug-likeness (QED) is 0.910. The summed E-state index contributed by atoms with van der Waals surface area (Å²) in [6.45, 7) is 7.17. The van der Waals surface area contributed by atoms with Gasteiger partial charge in [0.1, 0.15) is 0 Å². The molecule has 0 radical (unpaired) electrons. The number of rotatable bonds is 3. The van der Waals surface area contributed by atoms with Crippen LogP contribution >= 0.6 is 11.3 Å². The van der Waals surface area contributed by atoms with Gasteiger partial charge in [0.2, 0.25) is 0 Å². The van der Waals surface area contributed by atoms with Crippen LogP contribution in [0, 0.1) is 11.8 Å². The lowest BCUT2D eigenvalue weighted by atomic mass is 9.73. The molecule has 1 aliphatic heterocycles. The van der Waals surface area contributed by atoms with Crippen LogP contribution in [0.4, 0.5) is 5.13 Å². The van der Waals surface area contributed by atoms with Crippen molar-refractivity contribution in [3.8, 4) is 0 Å². The molecule has 2 aliphatic rings. The third-order valence-electron chi connectivity index (χ3n) is 4.56. The molecule has 2 heterocycles.